The number of methoxy groups -OCH3 is 1. The fourth-order valence-electron chi connectivity index (χ4n) is 1.81. The summed E-state index contributed by atoms with van der Waals surface area (Å²) in [6.07, 6.45) is 4.75. The van der Waals surface area contributed by atoms with Crippen LogP contribution in [0.3, 0.4) is 0 Å². The Bertz CT molecular complexity index is 279. The molecule has 0 heterocycles. The normalized spacial score (nSPS) is 10.2. The molecular weight excluding hydrogens is 172 g/mol. The lowest BCUT2D eigenvalue weighted by molar-refractivity contribution is 0.409. The molecule has 0 N–H and O–H groups in total. The highest BCUT2D eigenvalue weighted by Gasteiger charge is 2.05. The van der Waals surface area contributed by atoms with Crippen molar-refractivity contribution < 1.29 is 4.74 Å². The number of benzene rings is 1. The monoisotopic (exact) mass is 192 g/mol. The summed E-state index contributed by atoms with van der Waals surface area (Å²) >= 11 is 0. The first kappa shape index (κ1) is 11.1. The molecule has 0 aliphatic carbocycles. The molecule has 1 nitrogen and oxygen atoms in total. The van der Waals surface area contributed by atoms with Gasteiger partial charge in [0.05, 0.1) is 7.11 Å². The third-order valence-corrected chi connectivity index (χ3v) is 2.60. The fourth-order valence-corrected chi connectivity index (χ4v) is 1.81. The average Bonchev–Trinajstić information content (AvgIpc) is 2.25. The Morgan fingerprint density at radius 3 is 2.57 bits per heavy atom. The summed E-state index contributed by atoms with van der Waals surface area (Å²) in [6, 6.07) is 6.36. The quantitative estimate of drug-likeness (QED) is 0.692. The van der Waals surface area contributed by atoms with Crippen molar-refractivity contribution in [3.8, 4) is 5.75 Å². The Morgan fingerprint density at radius 2 is 2.00 bits per heavy atom. The van der Waals surface area contributed by atoms with Crippen LogP contribution in [-0.4, -0.2) is 7.11 Å². The summed E-state index contributed by atoms with van der Waals surface area (Å²) in [7, 11) is 1.75. The van der Waals surface area contributed by atoms with Gasteiger partial charge < -0.3 is 4.74 Å². The Morgan fingerprint density at radius 1 is 1.21 bits per heavy atom. The highest BCUT2D eigenvalue weighted by atomic mass is 16.5. The van der Waals surface area contributed by atoms with Crippen molar-refractivity contribution in [3.63, 3.8) is 0 Å². The van der Waals surface area contributed by atoms with Gasteiger partial charge in [-0.1, -0.05) is 32.4 Å². The van der Waals surface area contributed by atoms with E-state index < -0.39 is 0 Å². The SMILES string of the molecule is CCCCc1cccc(OC)c1CC. The Kier molecular flexibility index (Phi) is 4.51. The lowest BCUT2D eigenvalue weighted by Crippen LogP contribution is -1.97. The van der Waals surface area contributed by atoms with Crippen molar-refractivity contribution in [1.29, 1.82) is 0 Å². The van der Waals surface area contributed by atoms with E-state index in [0.29, 0.717) is 0 Å². The molecule has 0 atom stereocenters. The van der Waals surface area contributed by atoms with Crippen molar-refractivity contribution in [3.05, 3.63) is 29.3 Å². The third-order valence-electron chi connectivity index (χ3n) is 2.60. The van der Waals surface area contributed by atoms with Crippen LogP contribution in [0.15, 0.2) is 18.2 Å². The summed E-state index contributed by atoms with van der Waals surface area (Å²) in [4.78, 5) is 0. The van der Waals surface area contributed by atoms with E-state index in [0.717, 1.165) is 12.2 Å². The van der Waals surface area contributed by atoms with E-state index in [1.54, 1.807) is 7.11 Å². The summed E-state index contributed by atoms with van der Waals surface area (Å²) < 4.78 is 5.36. The highest BCUT2D eigenvalue weighted by molar-refractivity contribution is 5.40. The smallest absolute Gasteiger partial charge is 0.122 e. The molecule has 0 bridgehead atoms. The highest BCUT2D eigenvalue weighted by Crippen LogP contribution is 2.23. The number of rotatable bonds is 5. The molecule has 0 fully saturated rings. The van der Waals surface area contributed by atoms with Crippen LogP contribution in [0.1, 0.15) is 37.8 Å². The molecule has 0 amide bonds. The Hall–Kier alpha value is -0.980. The van der Waals surface area contributed by atoms with Gasteiger partial charge in [0.25, 0.3) is 0 Å². The zero-order chi connectivity index (χ0) is 10.4. The van der Waals surface area contributed by atoms with Gasteiger partial charge in [-0.3, -0.25) is 0 Å². The number of aryl methyl sites for hydroxylation is 1. The van der Waals surface area contributed by atoms with E-state index in [1.807, 2.05) is 6.07 Å². The molecule has 0 saturated heterocycles. The molecule has 0 unspecified atom stereocenters. The van der Waals surface area contributed by atoms with E-state index in [-0.39, 0.29) is 0 Å². The summed E-state index contributed by atoms with van der Waals surface area (Å²) in [5.74, 6) is 1.04. The van der Waals surface area contributed by atoms with E-state index >= 15 is 0 Å². The molecule has 14 heavy (non-hydrogen) atoms. The fraction of sp³-hybridized carbons (Fsp3) is 0.538. The number of ether oxygens (including phenoxy) is 1. The van der Waals surface area contributed by atoms with Crippen molar-refractivity contribution in [1.82, 2.24) is 0 Å². The first-order valence-corrected chi connectivity index (χ1v) is 5.48. The van der Waals surface area contributed by atoms with Crippen molar-refractivity contribution in [2.45, 2.75) is 39.5 Å². The lowest BCUT2D eigenvalue weighted by Gasteiger charge is -2.11. The maximum atomic E-state index is 5.36. The molecule has 1 aromatic rings. The zero-order valence-corrected chi connectivity index (χ0v) is 9.47. The molecule has 0 aromatic heterocycles. The van der Waals surface area contributed by atoms with Crippen LogP contribution in [0.2, 0.25) is 0 Å². The third kappa shape index (κ3) is 2.50. The first-order valence-electron chi connectivity index (χ1n) is 5.48. The zero-order valence-electron chi connectivity index (χ0n) is 9.47. The van der Waals surface area contributed by atoms with Gasteiger partial charge in [-0.05, 0) is 36.5 Å². The van der Waals surface area contributed by atoms with Gasteiger partial charge in [-0.25, -0.2) is 0 Å². The number of unbranched alkanes of at least 4 members (excludes halogenated alkanes) is 1. The second-order valence-electron chi connectivity index (χ2n) is 3.56. The summed E-state index contributed by atoms with van der Waals surface area (Å²) in [5.41, 5.74) is 2.83. The second kappa shape index (κ2) is 5.69. The van der Waals surface area contributed by atoms with Gasteiger partial charge in [0.2, 0.25) is 0 Å². The molecule has 0 radical (unpaired) electrons. The predicted octanol–water partition coefficient (Wildman–Crippen LogP) is 3.60. The Balaban J connectivity index is 2.90. The van der Waals surface area contributed by atoms with Crippen LogP contribution in [0.25, 0.3) is 0 Å². The topological polar surface area (TPSA) is 9.23 Å². The van der Waals surface area contributed by atoms with Gasteiger partial charge in [0, 0.05) is 0 Å². The van der Waals surface area contributed by atoms with Crippen molar-refractivity contribution in [2.24, 2.45) is 0 Å². The average molecular weight is 192 g/mol. The summed E-state index contributed by atoms with van der Waals surface area (Å²) in [6.45, 7) is 4.42. The van der Waals surface area contributed by atoms with E-state index in [2.05, 4.69) is 26.0 Å². The molecule has 1 heteroatoms. The van der Waals surface area contributed by atoms with Crippen LogP contribution in [0.5, 0.6) is 5.75 Å². The van der Waals surface area contributed by atoms with Crippen LogP contribution < -0.4 is 4.74 Å². The second-order valence-corrected chi connectivity index (χ2v) is 3.56. The van der Waals surface area contributed by atoms with E-state index in [4.69, 9.17) is 4.74 Å². The van der Waals surface area contributed by atoms with Gasteiger partial charge in [0.1, 0.15) is 5.75 Å². The van der Waals surface area contributed by atoms with Crippen LogP contribution in [0, 0.1) is 0 Å². The minimum absolute atomic E-state index is 1.04. The van der Waals surface area contributed by atoms with E-state index in [1.165, 1.54) is 30.4 Å². The largest absolute Gasteiger partial charge is 0.496 e. The molecule has 1 rings (SSSR count). The number of hydrogen-bond donors (Lipinski definition) is 0. The van der Waals surface area contributed by atoms with Crippen LogP contribution in [-0.2, 0) is 12.8 Å². The van der Waals surface area contributed by atoms with Crippen molar-refractivity contribution in [2.75, 3.05) is 7.11 Å². The summed E-state index contributed by atoms with van der Waals surface area (Å²) in [5, 5.41) is 0. The molecule has 0 spiro atoms. The number of hydrogen-bond acceptors (Lipinski definition) is 1. The van der Waals surface area contributed by atoms with Crippen LogP contribution in [0.4, 0.5) is 0 Å². The molecule has 0 aliphatic heterocycles. The minimum Gasteiger partial charge on any atom is -0.496 e. The van der Waals surface area contributed by atoms with E-state index in [9.17, 15) is 0 Å². The maximum Gasteiger partial charge on any atom is 0.122 e. The predicted molar refractivity (Wildman–Crippen MR) is 61.0 cm³/mol. The molecule has 0 saturated carbocycles. The first-order chi connectivity index (χ1) is 6.83. The standard InChI is InChI=1S/C13H20O/c1-4-6-8-11-9-7-10-13(14-3)12(11)5-2/h7,9-10H,4-6,8H2,1-3H3. The van der Waals surface area contributed by atoms with Gasteiger partial charge in [-0.2, -0.15) is 0 Å². The Labute approximate surface area is 87.1 Å². The van der Waals surface area contributed by atoms with Gasteiger partial charge >= 0.3 is 0 Å². The molecule has 1 aromatic carbocycles. The van der Waals surface area contributed by atoms with Gasteiger partial charge in [0.15, 0.2) is 0 Å². The minimum atomic E-state index is 1.04. The lowest BCUT2D eigenvalue weighted by atomic mass is 9.99. The van der Waals surface area contributed by atoms with Gasteiger partial charge in [-0.15, -0.1) is 0 Å². The molecule has 78 valence electrons. The molecular formula is C13H20O. The maximum absolute atomic E-state index is 5.36. The van der Waals surface area contributed by atoms with Crippen LogP contribution >= 0.6 is 0 Å². The molecule has 0 aliphatic rings. The van der Waals surface area contributed by atoms with Crippen molar-refractivity contribution >= 4 is 0 Å².